The molecule has 2 aromatic carbocycles. The molecule has 1 saturated heterocycles. The Labute approximate surface area is 187 Å². The number of pyridine rings is 1. The number of carbonyl (C=O) groups is 1. The average molecular weight is 426 g/mol. The minimum Gasteiger partial charge on any atom is -0.366 e. The van der Waals surface area contributed by atoms with Gasteiger partial charge in [0.1, 0.15) is 5.65 Å². The van der Waals surface area contributed by atoms with E-state index in [-0.39, 0.29) is 0 Å². The first-order valence-corrected chi connectivity index (χ1v) is 10.9. The first-order chi connectivity index (χ1) is 15.6. The highest BCUT2D eigenvalue weighted by Gasteiger charge is 2.15. The van der Waals surface area contributed by atoms with Gasteiger partial charge in [-0.25, -0.2) is 4.98 Å². The summed E-state index contributed by atoms with van der Waals surface area (Å²) in [6, 6.07) is 18.3. The number of rotatable bonds is 5. The van der Waals surface area contributed by atoms with Crippen LogP contribution in [0.3, 0.4) is 0 Å². The zero-order valence-electron chi connectivity index (χ0n) is 18.2. The monoisotopic (exact) mass is 425 g/mol. The summed E-state index contributed by atoms with van der Waals surface area (Å²) in [5.41, 5.74) is 12.4. The molecule has 0 atom stereocenters. The Balaban J connectivity index is 1.44. The number of piperazine rings is 1. The summed E-state index contributed by atoms with van der Waals surface area (Å²) in [4.78, 5) is 24.2. The average Bonchev–Trinajstić information content (AvgIpc) is 3.24. The highest BCUT2D eigenvalue weighted by molar-refractivity contribution is 5.97. The first kappa shape index (κ1) is 20.4. The minimum absolute atomic E-state index is 0.420. The lowest BCUT2D eigenvalue weighted by Crippen LogP contribution is -2.43. The van der Waals surface area contributed by atoms with Crippen LogP contribution < -0.4 is 5.73 Å². The van der Waals surface area contributed by atoms with Crippen LogP contribution in [0.2, 0.25) is 0 Å². The molecule has 1 amide bonds. The zero-order valence-corrected chi connectivity index (χ0v) is 18.2. The molecule has 0 aliphatic carbocycles. The highest BCUT2D eigenvalue weighted by Crippen LogP contribution is 2.31. The molecule has 4 aromatic rings. The van der Waals surface area contributed by atoms with E-state index in [1.807, 2.05) is 24.5 Å². The van der Waals surface area contributed by atoms with Crippen molar-refractivity contribution in [2.45, 2.75) is 6.54 Å². The molecule has 3 N–H and O–H groups in total. The van der Waals surface area contributed by atoms with E-state index in [0.29, 0.717) is 5.56 Å². The molecule has 1 aliphatic rings. The smallest absolute Gasteiger partial charge is 0.248 e. The van der Waals surface area contributed by atoms with Crippen LogP contribution in [0.5, 0.6) is 0 Å². The van der Waals surface area contributed by atoms with Gasteiger partial charge in [0.15, 0.2) is 0 Å². The van der Waals surface area contributed by atoms with Gasteiger partial charge in [0.2, 0.25) is 5.91 Å². The van der Waals surface area contributed by atoms with Gasteiger partial charge in [0, 0.05) is 67.2 Å². The van der Waals surface area contributed by atoms with Crippen molar-refractivity contribution in [3.63, 3.8) is 0 Å². The van der Waals surface area contributed by atoms with Gasteiger partial charge in [0.25, 0.3) is 0 Å². The van der Waals surface area contributed by atoms with Crippen molar-refractivity contribution < 1.29 is 4.79 Å². The zero-order chi connectivity index (χ0) is 22.1. The van der Waals surface area contributed by atoms with Crippen molar-refractivity contribution in [3.05, 3.63) is 78.1 Å². The summed E-state index contributed by atoms with van der Waals surface area (Å²) in [7, 11) is 2.18. The second-order valence-electron chi connectivity index (χ2n) is 8.54. The van der Waals surface area contributed by atoms with Crippen molar-refractivity contribution >= 4 is 16.9 Å². The van der Waals surface area contributed by atoms with Crippen LogP contribution in [-0.2, 0) is 6.54 Å². The number of fused-ring (bicyclic) bond motifs is 1. The number of aromatic nitrogens is 2. The Kier molecular flexibility index (Phi) is 5.47. The molecular weight excluding hydrogens is 398 g/mol. The van der Waals surface area contributed by atoms with Crippen molar-refractivity contribution in [3.8, 4) is 22.3 Å². The molecule has 0 saturated carbocycles. The minimum atomic E-state index is -0.420. The lowest BCUT2D eigenvalue weighted by Gasteiger charge is -2.32. The number of hydrogen-bond donors (Lipinski definition) is 2. The fourth-order valence-electron chi connectivity index (χ4n) is 4.33. The Morgan fingerprint density at radius 1 is 1.00 bits per heavy atom. The van der Waals surface area contributed by atoms with E-state index in [1.54, 1.807) is 12.1 Å². The van der Waals surface area contributed by atoms with E-state index in [0.717, 1.165) is 60.4 Å². The second-order valence-corrected chi connectivity index (χ2v) is 8.54. The van der Waals surface area contributed by atoms with E-state index in [4.69, 9.17) is 5.73 Å². The quantitative estimate of drug-likeness (QED) is 0.511. The molecule has 32 heavy (non-hydrogen) atoms. The third-order valence-corrected chi connectivity index (χ3v) is 6.27. The summed E-state index contributed by atoms with van der Waals surface area (Å²) >= 11 is 0. The maximum Gasteiger partial charge on any atom is 0.248 e. The Morgan fingerprint density at radius 2 is 1.78 bits per heavy atom. The number of hydrogen-bond acceptors (Lipinski definition) is 4. The maximum absolute atomic E-state index is 11.4. The number of amides is 1. The van der Waals surface area contributed by atoms with Gasteiger partial charge in [-0.15, -0.1) is 0 Å². The Hall–Kier alpha value is -3.48. The van der Waals surface area contributed by atoms with Gasteiger partial charge < -0.3 is 15.6 Å². The van der Waals surface area contributed by atoms with Crippen LogP contribution in [0.25, 0.3) is 33.3 Å². The molecule has 3 heterocycles. The summed E-state index contributed by atoms with van der Waals surface area (Å²) in [6.45, 7) is 5.43. The lowest BCUT2D eigenvalue weighted by molar-refractivity contribution is 0.100. The van der Waals surface area contributed by atoms with Crippen LogP contribution in [0.15, 0.2) is 67.0 Å². The number of nitrogens with two attached hydrogens (primary N) is 1. The topological polar surface area (TPSA) is 78.2 Å². The Morgan fingerprint density at radius 3 is 2.53 bits per heavy atom. The first-order valence-electron chi connectivity index (χ1n) is 10.9. The summed E-state index contributed by atoms with van der Waals surface area (Å²) in [6.07, 6.45) is 3.89. The second kappa shape index (κ2) is 8.57. The van der Waals surface area contributed by atoms with E-state index in [2.05, 4.69) is 57.1 Å². The lowest BCUT2D eigenvalue weighted by atomic mass is 10.00. The number of H-pyrrole nitrogens is 1. The van der Waals surface area contributed by atoms with Crippen LogP contribution in [0, 0.1) is 0 Å². The van der Waals surface area contributed by atoms with Crippen LogP contribution in [-0.4, -0.2) is 58.9 Å². The molecular formula is C26H27N5O. The third kappa shape index (κ3) is 4.15. The number of likely N-dealkylation sites (N-methyl/N-ethyl adjacent to an activating group) is 1. The Bertz CT molecular complexity index is 1250. The molecule has 0 spiro atoms. The normalized spacial score (nSPS) is 15.3. The fourth-order valence-corrected chi connectivity index (χ4v) is 4.33. The fraction of sp³-hybridized carbons (Fsp3) is 0.231. The SMILES string of the molecule is CN1CCN(Cc2cccc(-c3cnc4[nH]cc(-c5ccc(C(N)=O)cc5)c4c3)c2)CC1. The molecule has 0 bridgehead atoms. The van der Waals surface area contributed by atoms with Crippen molar-refractivity contribution in [2.75, 3.05) is 33.2 Å². The number of benzene rings is 2. The molecule has 1 aliphatic heterocycles. The molecule has 5 rings (SSSR count). The molecule has 0 radical (unpaired) electrons. The highest BCUT2D eigenvalue weighted by atomic mass is 16.1. The summed E-state index contributed by atoms with van der Waals surface area (Å²) in [5.74, 6) is -0.420. The number of carbonyl (C=O) groups excluding carboxylic acids is 1. The van der Waals surface area contributed by atoms with Crippen molar-refractivity contribution in [1.82, 2.24) is 19.8 Å². The van der Waals surface area contributed by atoms with Crippen LogP contribution in [0.1, 0.15) is 15.9 Å². The molecule has 162 valence electrons. The predicted octanol–water partition coefficient (Wildman–Crippen LogP) is 3.74. The predicted molar refractivity (Wildman–Crippen MR) is 128 cm³/mol. The summed E-state index contributed by atoms with van der Waals surface area (Å²) in [5, 5.41) is 1.05. The van der Waals surface area contributed by atoms with Gasteiger partial charge in [-0.1, -0.05) is 30.3 Å². The molecule has 2 aromatic heterocycles. The van der Waals surface area contributed by atoms with Gasteiger partial charge in [-0.05, 0) is 48.0 Å². The van der Waals surface area contributed by atoms with Crippen LogP contribution in [0.4, 0.5) is 0 Å². The van der Waals surface area contributed by atoms with Gasteiger partial charge in [0.05, 0.1) is 0 Å². The van der Waals surface area contributed by atoms with E-state index in [9.17, 15) is 4.79 Å². The van der Waals surface area contributed by atoms with Gasteiger partial charge in [-0.2, -0.15) is 0 Å². The molecule has 0 unspecified atom stereocenters. The van der Waals surface area contributed by atoms with Crippen molar-refractivity contribution in [1.29, 1.82) is 0 Å². The number of aromatic amines is 1. The summed E-state index contributed by atoms with van der Waals surface area (Å²) < 4.78 is 0. The van der Waals surface area contributed by atoms with Crippen molar-refractivity contribution in [2.24, 2.45) is 5.73 Å². The standard InChI is InChI=1S/C26H27N5O/c1-30-9-11-31(12-10-30)17-18-3-2-4-21(13-18)22-14-23-24(16-29-26(23)28-15-22)19-5-7-20(8-6-19)25(27)32/h2-8,13-16H,9-12,17H2,1H3,(H2,27,32)(H,28,29). The third-order valence-electron chi connectivity index (χ3n) is 6.27. The van der Waals surface area contributed by atoms with E-state index in [1.165, 1.54) is 11.1 Å². The number of nitrogens with zero attached hydrogens (tertiary/aromatic N) is 3. The number of primary amides is 1. The van der Waals surface area contributed by atoms with E-state index >= 15 is 0 Å². The van der Waals surface area contributed by atoms with Gasteiger partial charge >= 0.3 is 0 Å². The molecule has 6 heteroatoms. The number of nitrogens with one attached hydrogen (secondary N) is 1. The van der Waals surface area contributed by atoms with Crippen LogP contribution >= 0.6 is 0 Å². The van der Waals surface area contributed by atoms with E-state index < -0.39 is 5.91 Å². The molecule has 1 fully saturated rings. The maximum atomic E-state index is 11.4. The molecule has 6 nitrogen and oxygen atoms in total. The largest absolute Gasteiger partial charge is 0.366 e. The van der Waals surface area contributed by atoms with Gasteiger partial charge in [-0.3, -0.25) is 9.69 Å².